The summed E-state index contributed by atoms with van der Waals surface area (Å²) in [5.74, 6) is 0. The molecule has 3 heterocycles. The Balaban J connectivity index is 1.87. The van der Waals surface area contributed by atoms with Crippen LogP contribution < -0.4 is 5.56 Å². The molecule has 21 heavy (non-hydrogen) atoms. The van der Waals surface area contributed by atoms with Crippen LogP contribution in [-0.4, -0.2) is 39.6 Å². The van der Waals surface area contributed by atoms with Crippen molar-refractivity contribution >= 4 is 5.65 Å². The molecule has 0 aliphatic carbocycles. The molecule has 0 radical (unpaired) electrons. The summed E-state index contributed by atoms with van der Waals surface area (Å²) in [6.45, 7) is 8.56. The van der Waals surface area contributed by atoms with Crippen molar-refractivity contribution < 1.29 is 4.74 Å². The summed E-state index contributed by atoms with van der Waals surface area (Å²) in [6.07, 6.45) is 2.27. The van der Waals surface area contributed by atoms with E-state index in [4.69, 9.17) is 4.74 Å². The second kappa shape index (κ2) is 5.58. The van der Waals surface area contributed by atoms with E-state index < -0.39 is 0 Å². The highest BCUT2D eigenvalue weighted by atomic mass is 16.5. The number of nitrogens with zero attached hydrogens (tertiary/aromatic N) is 3. The average Bonchev–Trinajstić information content (AvgIpc) is 2.38. The normalized spacial score (nSPS) is 23.6. The lowest BCUT2D eigenvalue weighted by molar-refractivity contribution is -0.0707. The predicted octanol–water partition coefficient (Wildman–Crippen LogP) is 1.61. The van der Waals surface area contributed by atoms with Gasteiger partial charge in [0, 0.05) is 31.9 Å². The van der Waals surface area contributed by atoms with E-state index in [1.54, 1.807) is 10.5 Å². The topological polar surface area (TPSA) is 46.8 Å². The second-order valence-corrected chi connectivity index (χ2v) is 5.97. The molecule has 0 amide bonds. The fourth-order valence-electron chi connectivity index (χ4n) is 2.98. The fraction of sp³-hybridized carbons (Fsp3) is 0.500. The van der Waals surface area contributed by atoms with Gasteiger partial charge in [0.25, 0.3) is 5.56 Å². The smallest absolute Gasteiger partial charge is 0.258 e. The molecule has 5 heteroatoms. The van der Waals surface area contributed by atoms with Crippen molar-refractivity contribution in [3.05, 3.63) is 46.0 Å². The molecule has 0 spiro atoms. The van der Waals surface area contributed by atoms with Gasteiger partial charge in [0.15, 0.2) is 0 Å². The number of ether oxygens (including phenoxy) is 1. The molecule has 1 aliphatic heterocycles. The summed E-state index contributed by atoms with van der Waals surface area (Å²) in [6, 6.07) is 5.51. The minimum Gasteiger partial charge on any atom is -0.373 e. The standard InChI is InChI=1S/C16H21N3O2/c1-11-4-5-15-17-14(6-16(20)19(15)7-11)10-18-8-12(2)21-13(3)9-18/h4-7,12-13H,8-10H2,1-3H3/t12-,13-/m1/s1. The van der Waals surface area contributed by atoms with Gasteiger partial charge in [0.2, 0.25) is 0 Å². The Hall–Kier alpha value is -1.72. The van der Waals surface area contributed by atoms with E-state index in [0.717, 1.165) is 24.3 Å². The predicted molar refractivity (Wildman–Crippen MR) is 81.5 cm³/mol. The van der Waals surface area contributed by atoms with Crippen LogP contribution in [0.15, 0.2) is 29.2 Å². The molecule has 0 unspecified atom stereocenters. The van der Waals surface area contributed by atoms with Crippen LogP contribution in [0.5, 0.6) is 0 Å². The van der Waals surface area contributed by atoms with E-state index >= 15 is 0 Å². The maximum atomic E-state index is 12.2. The summed E-state index contributed by atoms with van der Waals surface area (Å²) in [4.78, 5) is 19.1. The van der Waals surface area contributed by atoms with Crippen LogP contribution in [-0.2, 0) is 11.3 Å². The first-order valence-corrected chi connectivity index (χ1v) is 7.38. The highest BCUT2D eigenvalue weighted by molar-refractivity contribution is 5.39. The van der Waals surface area contributed by atoms with Gasteiger partial charge >= 0.3 is 0 Å². The fourth-order valence-corrected chi connectivity index (χ4v) is 2.98. The number of fused-ring (bicyclic) bond motifs is 1. The molecular formula is C16H21N3O2. The first-order chi connectivity index (χ1) is 10.0. The molecule has 0 N–H and O–H groups in total. The van der Waals surface area contributed by atoms with Crippen LogP contribution in [0.3, 0.4) is 0 Å². The largest absolute Gasteiger partial charge is 0.373 e. The molecule has 0 saturated carbocycles. The minimum absolute atomic E-state index is 0.0203. The molecule has 2 atom stereocenters. The molecular weight excluding hydrogens is 266 g/mol. The zero-order valence-electron chi connectivity index (χ0n) is 12.7. The third-order valence-corrected chi connectivity index (χ3v) is 3.74. The summed E-state index contributed by atoms with van der Waals surface area (Å²) in [5.41, 5.74) is 2.56. The van der Waals surface area contributed by atoms with E-state index in [9.17, 15) is 4.79 Å². The summed E-state index contributed by atoms with van der Waals surface area (Å²) >= 11 is 0. The van der Waals surface area contributed by atoms with Crippen molar-refractivity contribution in [1.82, 2.24) is 14.3 Å². The minimum atomic E-state index is -0.0203. The third-order valence-electron chi connectivity index (χ3n) is 3.74. The average molecular weight is 287 g/mol. The van der Waals surface area contributed by atoms with Crippen LogP contribution >= 0.6 is 0 Å². The maximum absolute atomic E-state index is 12.2. The molecule has 0 aromatic carbocycles. The third kappa shape index (κ3) is 3.14. The molecule has 2 aromatic rings. The Morgan fingerprint density at radius 1 is 1.29 bits per heavy atom. The number of aromatic nitrogens is 2. The molecule has 0 bridgehead atoms. The summed E-state index contributed by atoms with van der Waals surface area (Å²) in [5, 5.41) is 0. The lowest BCUT2D eigenvalue weighted by Gasteiger charge is -2.35. The monoisotopic (exact) mass is 287 g/mol. The Morgan fingerprint density at radius 2 is 2.00 bits per heavy atom. The highest BCUT2D eigenvalue weighted by Gasteiger charge is 2.22. The molecule has 1 saturated heterocycles. The zero-order chi connectivity index (χ0) is 15.0. The van der Waals surface area contributed by atoms with Crippen LogP contribution in [0.1, 0.15) is 25.1 Å². The Bertz CT molecular complexity index is 700. The van der Waals surface area contributed by atoms with Gasteiger partial charge in [-0.05, 0) is 32.4 Å². The van der Waals surface area contributed by atoms with Crippen LogP contribution in [0.25, 0.3) is 5.65 Å². The first-order valence-electron chi connectivity index (χ1n) is 7.38. The van der Waals surface area contributed by atoms with Crippen molar-refractivity contribution in [2.75, 3.05) is 13.1 Å². The van der Waals surface area contributed by atoms with Gasteiger partial charge in [-0.25, -0.2) is 4.98 Å². The SMILES string of the molecule is Cc1ccc2nc(CN3C[C@@H](C)O[C@H](C)C3)cc(=O)n2c1. The van der Waals surface area contributed by atoms with E-state index in [1.807, 2.05) is 25.3 Å². The van der Waals surface area contributed by atoms with Gasteiger partial charge in [0.05, 0.1) is 17.9 Å². The van der Waals surface area contributed by atoms with Crippen molar-refractivity contribution in [2.45, 2.75) is 39.5 Å². The van der Waals surface area contributed by atoms with Crippen molar-refractivity contribution in [1.29, 1.82) is 0 Å². The summed E-state index contributed by atoms with van der Waals surface area (Å²) in [7, 11) is 0. The Kier molecular flexibility index (Phi) is 3.78. The van der Waals surface area contributed by atoms with Gasteiger partial charge in [-0.15, -0.1) is 0 Å². The first kappa shape index (κ1) is 14.2. The van der Waals surface area contributed by atoms with E-state index in [-0.39, 0.29) is 17.8 Å². The van der Waals surface area contributed by atoms with E-state index in [0.29, 0.717) is 12.2 Å². The second-order valence-electron chi connectivity index (χ2n) is 5.97. The van der Waals surface area contributed by atoms with E-state index in [2.05, 4.69) is 23.7 Å². The van der Waals surface area contributed by atoms with Crippen LogP contribution in [0, 0.1) is 6.92 Å². The molecule has 112 valence electrons. The number of hydrogen-bond acceptors (Lipinski definition) is 4. The Labute approximate surface area is 124 Å². The van der Waals surface area contributed by atoms with Crippen molar-refractivity contribution in [3.8, 4) is 0 Å². The van der Waals surface area contributed by atoms with Crippen molar-refractivity contribution in [2.24, 2.45) is 0 Å². The molecule has 1 fully saturated rings. The number of rotatable bonds is 2. The maximum Gasteiger partial charge on any atom is 0.258 e. The quantitative estimate of drug-likeness (QED) is 0.842. The van der Waals surface area contributed by atoms with Gasteiger partial charge in [-0.1, -0.05) is 6.07 Å². The number of aryl methyl sites for hydroxylation is 1. The van der Waals surface area contributed by atoms with Crippen LogP contribution in [0.4, 0.5) is 0 Å². The van der Waals surface area contributed by atoms with Crippen LogP contribution in [0.2, 0.25) is 0 Å². The van der Waals surface area contributed by atoms with Gasteiger partial charge in [-0.2, -0.15) is 0 Å². The number of pyridine rings is 1. The van der Waals surface area contributed by atoms with Gasteiger partial charge in [-0.3, -0.25) is 14.1 Å². The zero-order valence-corrected chi connectivity index (χ0v) is 12.7. The number of morpholine rings is 1. The number of hydrogen-bond donors (Lipinski definition) is 0. The van der Waals surface area contributed by atoms with Gasteiger partial charge < -0.3 is 4.74 Å². The molecule has 1 aliphatic rings. The molecule has 3 rings (SSSR count). The van der Waals surface area contributed by atoms with Crippen molar-refractivity contribution in [3.63, 3.8) is 0 Å². The lowest BCUT2D eigenvalue weighted by atomic mass is 10.2. The summed E-state index contributed by atoms with van der Waals surface area (Å²) < 4.78 is 7.33. The van der Waals surface area contributed by atoms with E-state index in [1.165, 1.54) is 0 Å². The molecule has 5 nitrogen and oxygen atoms in total. The lowest BCUT2D eigenvalue weighted by Crippen LogP contribution is -2.45. The Morgan fingerprint density at radius 3 is 2.71 bits per heavy atom. The molecule has 2 aromatic heterocycles. The highest BCUT2D eigenvalue weighted by Crippen LogP contribution is 2.13. The van der Waals surface area contributed by atoms with Gasteiger partial charge in [0.1, 0.15) is 5.65 Å².